The highest BCUT2D eigenvalue weighted by atomic mass is 32.1. The maximum atomic E-state index is 11.7. The smallest absolute Gasteiger partial charge is 0.177 e. The summed E-state index contributed by atoms with van der Waals surface area (Å²) in [6.45, 7) is 8.57. The Morgan fingerprint density at radius 3 is 2.71 bits per heavy atom. The van der Waals surface area contributed by atoms with Crippen LogP contribution in [0.1, 0.15) is 50.2 Å². The molecular weight excluding hydrogens is 288 g/mol. The van der Waals surface area contributed by atoms with Crippen LogP contribution in [0.15, 0.2) is 0 Å². The molecular formula is C15H24N2O3S. The molecule has 0 amide bonds. The van der Waals surface area contributed by atoms with Crippen molar-refractivity contribution < 1.29 is 14.6 Å². The number of anilines is 2. The Morgan fingerprint density at radius 1 is 1.52 bits per heavy atom. The number of rotatable bonds is 4. The number of thiophene rings is 1. The Bertz CT molecular complexity index is 537. The van der Waals surface area contributed by atoms with Crippen molar-refractivity contribution >= 4 is 27.8 Å². The maximum Gasteiger partial charge on any atom is 0.177 e. The minimum absolute atomic E-state index is 0.0224. The molecule has 0 saturated carbocycles. The van der Waals surface area contributed by atoms with Gasteiger partial charge in [0.25, 0.3) is 0 Å². The monoisotopic (exact) mass is 312 g/mol. The minimum Gasteiger partial charge on any atom is -0.486 e. The molecule has 1 aromatic heterocycles. The van der Waals surface area contributed by atoms with Crippen LogP contribution in [0.2, 0.25) is 0 Å². The number of nitrogens with zero attached hydrogens (tertiary/aromatic N) is 1. The molecule has 0 radical (unpaired) electrons. The number of carbonyl (C=O) groups is 1. The predicted molar refractivity (Wildman–Crippen MR) is 86.6 cm³/mol. The lowest BCUT2D eigenvalue weighted by Crippen LogP contribution is -2.46. The van der Waals surface area contributed by atoms with Crippen molar-refractivity contribution in [2.24, 2.45) is 0 Å². The van der Waals surface area contributed by atoms with Crippen LogP contribution in [0.3, 0.4) is 0 Å². The highest BCUT2D eigenvalue weighted by molar-refractivity contribution is 7.19. The van der Waals surface area contributed by atoms with Gasteiger partial charge in [0.15, 0.2) is 11.5 Å². The van der Waals surface area contributed by atoms with Gasteiger partial charge < -0.3 is 20.5 Å². The molecule has 1 aromatic rings. The van der Waals surface area contributed by atoms with Crippen molar-refractivity contribution in [2.45, 2.75) is 52.2 Å². The summed E-state index contributed by atoms with van der Waals surface area (Å²) in [6.07, 6.45) is 1.66. The Hall–Kier alpha value is -1.27. The molecule has 21 heavy (non-hydrogen) atoms. The number of β-amino-alcohol motifs (C(OH)–C–C–N with tert-alkyl or cyclic N) is 1. The van der Waals surface area contributed by atoms with E-state index in [1.807, 2.05) is 20.8 Å². The molecule has 3 N–H and O–H groups in total. The summed E-state index contributed by atoms with van der Waals surface area (Å²) < 4.78 is 5.84. The number of hydrogen-bond donors (Lipinski definition) is 2. The number of ether oxygens (including phenoxy) is 1. The first-order valence-corrected chi connectivity index (χ1v) is 8.10. The maximum absolute atomic E-state index is 11.7. The Balaban J connectivity index is 2.41. The largest absolute Gasteiger partial charge is 0.486 e. The number of aliphatic hydroxyl groups is 1. The van der Waals surface area contributed by atoms with E-state index in [4.69, 9.17) is 10.5 Å². The summed E-state index contributed by atoms with van der Waals surface area (Å²) in [5.41, 5.74) is 5.80. The van der Waals surface area contributed by atoms with Crippen LogP contribution in [-0.4, -0.2) is 35.7 Å². The van der Waals surface area contributed by atoms with E-state index in [-0.39, 0.29) is 11.9 Å². The van der Waals surface area contributed by atoms with Crippen LogP contribution in [0, 0.1) is 0 Å². The third-order valence-corrected chi connectivity index (χ3v) is 4.87. The second-order valence-corrected chi connectivity index (χ2v) is 7.22. The zero-order valence-electron chi connectivity index (χ0n) is 13.1. The lowest BCUT2D eigenvalue weighted by molar-refractivity contribution is 0.0449. The molecule has 118 valence electrons. The molecule has 0 bridgehead atoms. The van der Waals surface area contributed by atoms with Gasteiger partial charge >= 0.3 is 0 Å². The molecule has 1 saturated heterocycles. The van der Waals surface area contributed by atoms with Crippen molar-refractivity contribution in [1.29, 1.82) is 0 Å². The van der Waals surface area contributed by atoms with Crippen LogP contribution < -0.4 is 15.4 Å². The van der Waals surface area contributed by atoms with Crippen molar-refractivity contribution in [3.63, 3.8) is 0 Å². The van der Waals surface area contributed by atoms with Gasteiger partial charge in [-0.05, 0) is 33.6 Å². The highest BCUT2D eigenvalue weighted by Gasteiger charge is 2.32. The first-order chi connectivity index (χ1) is 9.71. The van der Waals surface area contributed by atoms with Crippen molar-refractivity contribution in [3.05, 3.63) is 4.88 Å². The Morgan fingerprint density at radius 2 is 2.19 bits per heavy atom. The van der Waals surface area contributed by atoms with E-state index in [0.29, 0.717) is 22.9 Å². The van der Waals surface area contributed by atoms with Gasteiger partial charge in [0.1, 0.15) is 5.00 Å². The number of carbonyl (C=O) groups excluding carboxylic acids is 1. The first kappa shape index (κ1) is 16.1. The van der Waals surface area contributed by atoms with Gasteiger partial charge in [0.2, 0.25) is 0 Å². The zero-order chi connectivity index (χ0) is 15.8. The summed E-state index contributed by atoms with van der Waals surface area (Å²) in [5, 5.41) is 11.1. The fourth-order valence-corrected chi connectivity index (χ4v) is 3.70. The standard InChI is InChI=1S/C15H24N2O3S/c1-9(2)20-12-11(16)13(10(3)18)21-14(12)17-7-5-6-15(4,19)8-17/h9,19H,5-8,16H2,1-4H3. The van der Waals surface area contributed by atoms with Crippen LogP contribution in [0.4, 0.5) is 10.7 Å². The lowest BCUT2D eigenvalue weighted by atomic mass is 9.95. The summed E-state index contributed by atoms with van der Waals surface area (Å²) in [4.78, 5) is 14.3. The quantitative estimate of drug-likeness (QED) is 0.836. The van der Waals surface area contributed by atoms with E-state index in [1.54, 1.807) is 0 Å². The summed E-state index contributed by atoms with van der Waals surface area (Å²) in [7, 11) is 0. The van der Waals surface area contributed by atoms with E-state index < -0.39 is 5.60 Å². The second-order valence-electron chi connectivity index (χ2n) is 6.22. The van der Waals surface area contributed by atoms with Gasteiger partial charge in [0, 0.05) is 20.0 Å². The summed E-state index contributed by atoms with van der Waals surface area (Å²) in [6, 6.07) is 0. The Kier molecular flexibility index (Phi) is 4.49. The van der Waals surface area contributed by atoms with Gasteiger partial charge in [-0.1, -0.05) is 0 Å². The minimum atomic E-state index is -0.720. The topological polar surface area (TPSA) is 75.8 Å². The predicted octanol–water partition coefficient (Wildman–Crippen LogP) is 2.67. The van der Waals surface area contributed by atoms with Crippen molar-refractivity contribution in [3.8, 4) is 5.75 Å². The second kappa shape index (κ2) is 5.85. The molecule has 0 spiro atoms. The lowest BCUT2D eigenvalue weighted by Gasteiger charge is -2.37. The molecule has 2 rings (SSSR count). The Labute approximate surface area is 129 Å². The zero-order valence-corrected chi connectivity index (χ0v) is 13.9. The number of hydrogen-bond acceptors (Lipinski definition) is 6. The molecule has 6 heteroatoms. The van der Waals surface area contributed by atoms with E-state index in [2.05, 4.69) is 4.90 Å². The number of nitrogens with two attached hydrogens (primary N) is 1. The van der Waals surface area contributed by atoms with Crippen LogP contribution in [0.25, 0.3) is 0 Å². The van der Waals surface area contributed by atoms with Crippen molar-refractivity contribution in [1.82, 2.24) is 0 Å². The first-order valence-electron chi connectivity index (χ1n) is 7.28. The molecule has 0 aliphatic carbocycles. The molecule has 1 atom stereocenters. The van der Waals surface area contributed by atoms with Gasteiger partial charge in [0.05, 0.1) is 22.3 Å². The van der Waals surface area contributed by atoms with Crippen molar-refractivity contribution in [2.75, 3.05) is 23.7 Å². The average molecular weight is 312 g/mol. The molecule has 1 aliphatic heterocycles. The summed E-state index contributed by atoms with van der Waals surface area (Å²) >= 11 is 1.36. The van der Waals surface area contributed by atoms with Crippen LogP contribution in [-0.2, 0) is 0 Å². The SMILES string of the molecule is CC(=O)c1sc(N2CCCC(C)(O)C2)c(OC(C)C)c1N. The van der Waals surface area contributed by atoms with E-state index >= 15 is 0 Å². The van der Waals surface area contributed by atoms with E-state index in [0.717, 1.165) is 24.4 Å². The van der Waals surface area contributed by atoms with Gasteiger partial charge in [-0.15, -0.1) is 11.3 Å². The van der Waals surface area contributed by atoms with Crippen LogP contribution >= 0.6 is 11.3 Å². The molecule has 2 heterocycles. The number of ketones is 1. The van der Waals surface area contributed by atoms with Gasteiger partial charge in [-0.25, -0.2) is 0 Å². The van der Waals surface area contributed by atoms with E-state index in [9.17, 15) is 9.90 Å². The molecule has 5 nitrogen and oxygen atoms in total. The summed E-state index contributed by atoms with van der Waals surface area (Å²) in [5.74, 6) is 0.527. The van der Waals surface area contributed by atoms with Gasteiger partial charge in [-0.3, -0.25) is 4.79 Å². The van der Waals surface area contributed by atoms with Gasteiger partial charge in [-0.2, -0.15) is 0 Å². The third kappa shape index (κ3) is 3.49. The fraction of sp³-hybridized carbons (Fsp3) is 0.667. The van der Waals surface area contributed by atoms with Crippen LogP contribution in [0.5, 0.6) is 5.75 Å². The molecule has 0 aromatic carbocycles. The van der Waals surface area contributed by atoms with E-state index in [1.165, 1.54) is 18.3 Å². The number of nitrogen functional groups attached to an aromatic ring is 1. The third-order valence-electron chi connectivity index (χ3n) is 3.52. The highest BCUT2D eigenvalue weighted by Crippen LogP contribution is 2.46. The molecule has 1 fully saturated rings. The fourth-order valence-electron chi connectivity index (χ4n) is 2.63. The number of Topliss-reactive ketones (excluding diaryl/α,β-unsaturated/α-hetero) is 1. The average Bonchev–Trinajstić information content (AvgIpc) is 2.65. The normalized spacial score (nSPS) is 22.7. The molecule has 1 unspecified atom stereocenters. The molecule has 1 aliphatic rings. The number of piperidine rings is 1.